The van der Waals surface area contributed by atoms with Gasteiger partial charge in [-0.2, -0.15) is 0 Å². The molecule has 1 aromatic rings. The molecular weight excluding hydrogens is 216 g/mol. The van der Waals surface area contributed by atoms with Crippen molar-refractivity contribution in [1.29, 1.82) is 0 Å². The summed E-state index contributed by atoms with van der Waals surface area (Å²) < 4.78 is 10.7. The minimum absolute atomic E-state index is 0.304. The summed E-state index contributed by atoms with van der Waals surface area (Å²) in [5.74, 6) is 0. The highest BCUT2D eigenvalue weighted by molar-refractivity contribution is 5.17. The van der Waals surface area contributed by atoms with Crippen LogP contribution in [0.5, 0.6) is 0 Å². The topological polar surface area (TPSA) is 38.7 Å². The molecule has 0 aliphatic rings. The Morgan fingerprint density at radius 3 is 2.00 bits per heavy atom. The average molecular weight is 238 g/mol. The van der Waals surface area contributed by atoms with Gasteiger partial charge in [-0.05, 0) is 19.4 Å². The molecule has 0 aliphatic carbocycles. The Balaban J connectivity index is 2.61. The number of benzene rings is 1. The van der Waals surface area contributed by atoms with Gasteiger partial charge in [0.2, 0.25) is 0 Å². The number of ether oxygens (including phenoxy) is 2. The first kappa shape index (κ1) is 14.2. The molecule has 0 bridgehead atoms. The maximum absolute atomic E-state index is 10.5. The van der Waals surface area contributed by atoms with Crippen molar-refractivity contribution in [3.05, 3.63) is 35.9 Å². The number of hydrogen-bond donors (Lipinski definition) is 1. The first-order valence-corrected chi connectivity index (χ1v) is 6.12. The van der Waals surface area contributed by atoms with Crippen LogP contribution in [0.15, 0.2) is 30.3 Å². The smallest absolute Gasteiger partial charge is 0.115 e. The Hall–Kier alpha value is -0.900. The third-order valence-electron chi connectivity index (χ3n) is 2.53. The van der Waals surface area contributed by atoms with Crippen LogP contribution in [0.25, 0.3) is 0 Å². The molecule has 0 amide bonds. The molecule has 1 N–H and O–H groups in total. The molecule has 1 aromatic carbocycles. The minimum Gasteiger partial charge on any atom is -0.385 e. The van der Waals surface area contributed by atoms with Gasteiger partial charge in [-0.25, -0.2) is 0 Å². The first-order valence-electron chi connectivity index (χ1n) is 6.12. The summed E-state index contributed by atoms with van der Waals surface area (Å²) in [6.45, 7) is 5.65. The van der Waals surface area contributed by atoms with Gasteiger partial charge in [0.1, 0.15) is 5.60 Å². The van der Waals surface area contributed by atoms with Crippen LogP contribution in [0, 0.1) is 0 Å². The van der Waals surface area contributed by atoms with Gasteiger partial charge >= 0.3 is 0 Å². The van der Waals surface area contributed by atoms with Crippen molar-refractivity contribution >= 4 is 0 Å². The third-order valence-corrected chi connectivity index (χ3v) is 2.53. The summed E-state index contributed by atoms with van der Waals surface area (Å²) in [4.78, 5) is 0. The highest BCUT2D eigenvalue weighted by Gasteiger charge is 2.27. The third kappa shape index (κ3) is 5.31. The fourth-order valence-corrected chi connectivity index (χ4v) is 1.70. The highest BCUT2D eigenvalue weighted by Crippen LogP contribution is 2.15. The molecule has 0 heterocycles. The van der Waals surface area contributed by atoms with Crippen molar-refractivity contribution in [2.75, 3.05) is 26.4 Å². The zero-order valence-corrected chi connectivity index (χ0v) is 10.7. The molecule has 1 rings (SSSR count). The van der Waals surface area contributed by atoms with E-state index in [0.29, 0.717) is 32.8 Å². The fourth-order valence-electron chi connectivity index (χ4n) is 1.70. The molecule has 0 atom stereocenters. The fraction of sp³-hybridized carbons (Fsp3) is 0.571. The van der Waals surface area contributed by atoms with Gasteiger partial charge in [-0.3, -0.25) is 0 Å². The van der Waals surface area contributed by atoms with E-state index in [4.69, 9.17) is 9.47 Å². The van der Waals surface area contributed by atoms with Crippen molar-refractivity contribution in [2.24, 2.45) is 0 Å². The summed E-state index contributed by atoms with van der Waals surface area (Å²) in [7, 11) is 0. The molecule has 0 aromatic heterocycles. The van der Waals surface area contributed by atoms with Gasteiger partial charge in [-0.15, -0.1) is 0 Å². The van der Waals surface area contributed by atoms with Crippen LogP contribution in [-0.2, 0) is 15.9 Å². The van der Waals surface area contributed by atoms with Crippen LogP contribution in [0.3, 0.4) is 0 Å². The molecule has 17 heavy (non-hydrogen) atoms. The summed E-state index contributed by atoms with van der Waals surface area (Å²) in [5, 5.41) is 10.5. The second-order valence-electron chi connectivity index (χ2n) is 4.16. The predicted molar refractivity (Wildman–Crippen MR) is 68.1 cm³/mol. The standard InChI is InChI=1S/C14H22O3/c1-3-16-11-14(15,12-17-4-2)10-13-8-6-5-7-9-13/h5-9,15H,3-4,10-12H2,1-2H3. The zero-order chi connectivity index (χ0) is 12.6. The van der Waals surface area contributed by atoms with Gasteiger partial charge in [0.05, 0.1) is 13.2 Å². The van der Waals surface area contributed by atoms with Crippen LogP contribution < -0.4 is 0 Å². The van der Waals surface area contributed by atoms with Gasteiger partial charge < -0.3 is 14.6 Å². The molecule has 0 saturated carbocycles. The Labute approximate surface area is 103 Å². The van der Waals surface area contributed by atoms with E-state index >= 15 is 0 Å². The summed E-state index contributed by atoms with van der Waals surface area (Å²) in [6.07, 6.45) is 0.549. The lowest BCUT2D eigenvalue weighted by Gasteiger charge is -2.27. The maximum Gasteiger partial charge on any atom is 0.115 e. The summed E-state index contributed by atoms with van der Waals surface area (Å²) in [6, 6.07) is 9.91. The van der Waals surface area contributed by atoms with Crippen LogP contribution in [-0.4, -0.2) is 37.1 Å². The minimum atomic E-state index is -0.937. The van der Waals surface area contributed by atoms with Crippen LogP contribution in [0.1, 0.15) is 19.4 Å². The Morgan fingerprint density at radius 1 is 1.00 bits per heavy atom. The molecule has 3 heteroatoms. The summed E-state index contributed by atoms with van der Waals surface area (Å²) in [5.41, 5.74) is 0.155. The number of rotatable bonds is 8. The average Bonchev–Trinajstić information content (AvgIpc) is 2.35. The second kappa shape index (κ2) is 7.43. The van der Waals surface area contributed by atoms with E-state index in [2.05, 4.69) is 0 Å². The molecule has 0 fully saturated rings. The first-order chi connectivity index (χ1) is 8.20. The van der Waals surface area contributed by atoms with E-state index in [1.807, 2.05) is 44.2 Å². The van der Waals surface area contributed by atoms with E-state index < -0.39 is 5.60 Å². The molecule has 0 saturated heterocycles. The SMILES string of the molecule is CCOCC(O)(COCC)Cc1ccccc1. The molecule has 3 nitrogen and oxygen atoms in total. The zero-order valence-electron chi connectivity index (χ0n) is 10.7. The van der Waals surface area contributed by atoms with Crippen molar-refractivity contribution in [2.45, 2.75) is 25.9 Å². The lowest BCUT2D eigenvalue weighted by Crippen LogP contribution is -2.42. The van der Waals surface area contributed by atoms with Crippen LogP contribution in [0.4, 0.5) is 0 Å². The Bertz CT molecular complexity index is 290. The van der Waals surface area contributed by atoms with E-state index in [0.717, 1.165) is 5.56 Å². The predicted octanol–water partition coefficient (Wildman–Crippen LogP) is 2.03. The number of hydrogen-bond acceptors (Lipinski definition) is 3. The lowest BCUT2D eigenvalue weighted by atomic mass is 9.96. The van der Waals surface area contributed by atoms with Crippen molar-refractivity contribution < 1.29 is 14.6 Å². The molecule has 0 radical (unpaired) electrons. The van der Waals surface area contributed by atoms with E-state index in [1.54, 1.807) is 0 Å². The second-order valence-corrected chi connectivity index (χ2v) is 4.16. The van der Waals surface area contributed by atoms with E-state index in [1.165, 1.54) is 0 Å². The van der Waals surface area contributed by atoms with Gasteiger partial charge in [0.15, 0.2) is 0 Å². The Kier molecular flexibility index (Phi) is 6.19. The molecule has 96 valence electrons. The van der Waals surface area contributed by atoms with E-state index in [-0.39, 0.29) is 0 Å². The Morgan fingerprint density at radius 2 is 1.53 bits per heavy atom. The molecule has 0 spiro atoms. The molecule has 0 unspecified atom stereocenters. The van der Waals surface area contributed by atoms with Crippen molar-refractivity contribution in [3.8, 4) is 0 Å². The van der Waals surface area contributed by atoms with Crippen molar-refractivity contribution in [1.82, 2.24) is 0 Å². The number of aliphatic hydroxyl groups is 1. The van der Waals surface area contributed by atoms with Crippen molar-refractivity contribution in [3.63, 3.8) is 0 Å². The van der Waals surface area contributed by atoms with Gasteiger partial charge in [0.25, 0.3) is 0 Å². The molecule has 0 aliphatic heterocycles. The quantitative estimate of drug-likeness (QED) is 0.753. The van der Waals surface area contributed by atoms with E-state index in [9.17, 15) is 5.11 Å². The monoisotopic (exact) mass is 238 g/mol. The van der Waals surface area contributed by atoms with Gasteiger partial charge in [-0.1, -0.05) is 30.3 Å². The summed E-state index contributed by atoms with van der Waals surface area (Å²) >= 11 is 0. The normalized spacial score (nSPS) is 11.7. The largest absolute Gasteiger partial charge is 0.385 e. The maximum atomic E-state index is 10.5. The molecular formula is C14H22O3. The van der Waals surface area contributed by atoms with Crippen LogP contribution >= 0.6 is 0 Å². The lowest BCUT2D eigenvalue weighted by molar-refractivity contribution is -0.0917. The van der Waals surface area contributed by atoms with Crippen LogP contribution in [0.2, 0.25) is 0 Å². The van der Waals surface area contributed by atoms with Gasteiger partial charge in [0, 0.05) is 19.6 Å². The highest BCUT2D eigenvalue weighted by atomic mass is 16.5.